The van der Waals surface area contributed by atoms with Gasteiger partial charge < -0.3 is 15.4 Å². The van der Waals surface area contributed by atoms with Gasteiger partial charge in [-0.15, -0.1) is 0 Å². The van der Waals surface area contributed by atoms with Gasteiger partial charge in [-0.25, -0.2) is 8.42 Å². The molecule has 18 heavy (non-hydrogen) atoms. The van der Waals surface area contributed by atoms with Crippen LogP contribution in [0.15, 0.2) is 0 Å². The highest BCUT2D eigenvalue weighted by Crippen LogP contribution is 2.18. The van der Waals surface area contributed by atoms with E-state index in [1.165, 1.54) is 0 Å². The molecule has 1 rings (SSSR count). The first-order chi connectivity index (χ1) is 8.43. The minimum atomic E-state index is -3.32. The fourth-order valence-electron chi connectivity index (χ4n) is 1.54. The number of nitrogens with one attached hydrogen (secondary N) is 2. The van der Waals surface area contributed by atoms with Crippen LogP contribution in [-0.2, 0) is 19.4 Å². The van der Waals surface area contributed by atoms with E-state index in [1.54, 1.807) is 7.11 Å². The Bertz CT molecular complexity index is 365. The summed E-state index contributed by atoms with van der Waals surface area (Å²) in [5.41, 5.74) is 0. The minimum Gasteiger partial charge on any atom is -0.383 e. The van der Waals surface area contributed by atoms with Gasteiger partial charge in [0.1, 0.15) is 5.75 Å². The molecule has 0 aromatic rings. The molecule has 1 unspecified atom stereocenters. The van der Waals surface area contributed by atoms with Crippen LogP contribution in [-0.4, -0.2) is 58.2 Å². The van der Waals surface area contributed by atoms with E-state index in [2.05, 4.69) is 10.6 Å². The van der Waals surface area contributed by atoms with Crippen LogP contribution in [0.1, 0.15) is 19.8 Å². The van der Waals surface area contributed by atoms with E-state index in [9.17, 15) is 13.2 Å². The molecular formula is C11H22N2O4S. The van der Waals surface area contributed by atoms with Crippen LogP contribution in [0.3, 0.4) is 0 Å². The lowest BCUT2D eigenvalue weighted by molar-refractivity contribution is -0.118. The lowest BCUT2D eigenvalue weighted by Crippen LogP contribution is -2.37. The second-order valence-corrected chi connectivity index (χ2v) is 6.93. The number of hydrogen-bond acceptors (Lipinski definition) is 5. The van der Waals surface area contributed by atoms with Gasteiger partial charge in [0.2, 0.25) is 5.91 Å². The highest BCUT2D eigenvalue weighted by molar-refractivity contribution is 7.92. The Morgan fingerprint density at radius 3 is 2.67 bits per heavy atom. The van der Waals surface area contributed by atoms with E-state index < -0.39 is 15.6 Å². The topological polar surface area (TPSA) is 84.5 Å². The highest BCUT2D eigenvalue weighted by atomic mass is 32.2. The molecule has 0 aromatic heterocycles. The van der Waals surface area contributed by atoms with Gasteiger partial charge in [-0.3, -0.25) is 4.79 Å². The van der Waals surface area contributed by atoms with Crippen LogP contribution in [0.4, 0.5) is 0 Å². The summed E-state index contributed by atoms with van der Waals surface area (Å²) in [7, 11) is -1.73. The summed E-state index contributed by atoms with van der Waals surface area (Å²) < 4.78 is 28.2. The van der Waals surface area contributed by atoms with E-state index >= 15 is 0 Å². The quantitative estimate of drug-likeness (QED) is 0.583. The van der Waals surface area contributed by atoms with E-state index in [0.717, 1.165) is 12.8 Å². The van der Waals surface area contributed by atoms with Crippen molar-refractivity contribution in [1.82, 2.24) is 10.6 Å². The van der Waals surface area contributed by atoms with E-state index in [0.29, 0.717) is 13.2 Å². The van der Waals surface area contributed by atoms with Gasteiger partial charge in [0, 0.05) is 25.7 Å². The van der Waals surface area contributed by atoms with Crippen LogP contribution >= 0.6 is 0 Å². The molecule has 0 aliphatic heterocycles. The van der Waals surface area contributed by atoms with Crippen molar-refractivity contribution in [1.29, 1.82) is 0 Å². The number of sulfone groups is 1. The lowest BCUT2D eigenvalue weighted by atomic mass is 10.4. The van der Waals surface area contributed by atoms with Crippen molar-refractivity contribution in [2.75, 3.05) is 31.8 Å². The van der Waals surface area contributed by atoms with Crippen molar-refractivity contribution in [3.8, 4) is 0 Å². The van der Waals surface area contributed by atoms with Crippen LogP contribution in [0.25, 0.3) is 0 Å². The van der Waals surface area contributed by atoms with Gasteiger partial charge in [-0.05, 0) is 19.8 Å². The summed E-state index contributed by atoms with van der Waals surface area (Å²) in [6.45, 7) is 2.78. The third-order valence-corrected chi connectivity index (χ3v) is 4.14. The van der Waals surface area contributed by atoms with Gasteiger partial charge in [-0.2, -0.15) is 0 Å². The van der Waals surface area contributed by atoms with Gasteiger partial charge in [0.25, 0.3) is 0 Å². The lowest BCUT2D eigenvalue weighted by Gasteiger charge is -2.12. The van der Waals surface area contributed by atoms with E-state index in [-0.39, 0.29) is 23.7 Å². The number of methoxy groups -OCH3 is 1. The van der Waals surface area contributed by atoms with E-state index in [4.69, 9.17) is 4.74 Å². The molecule has 0 heterocycles. The molecule has 6 nitrogen and oxygen atoms in total. The molecule has 0 aromatic carbocycles. The van der Waals surface area contributed by atoms with Crippen molar-refractivity contribution < 1.29 is 17.9 Å². The van der Waals surface area contributed by atoms with Crippen molar-refractivity contribution in [2.45, 2.75) is 31.8 Å². The summed E-state index contributed by atoms with van der Waals surface area (Å²) >= 11 is 0. The number of hydrogen-bond donors (Lipinski definition) is 2. The average Bonchev–Trinajstić information content (AvgIpc) is 3.00. The minimum absolute atomic E-state index is 0.0286. The number of carbonyl (C=O) groups is 1. The van der Waals surface area contributed by atoms with Gasteiger partial charge in [0.05, 0.1) is 12.4 Å². The number of amides is 1. The van der Waals surface area contributed by atoms with Crippen molar-refractivity contribution in [3.05, 3.63) is 0 Å². The molecule has 0 radical (unpaired) electrons. The SMILES string of the molecule is COCC(C)NCCS(=O)(=O)CC(=O)NC1CC1. The molecule has 1 atom stereocenters. The standard InChI is InChI=1S/C11H22N2O4S/c1-9(7-17-2)12-5-6-18(15,16)8-11(14)13-10-3-4-10/h9-10,12H,3-8H2,1-2H3,(H,13,14). The van der Waals surface area contributed by atoms with Gasteiger partial charge in [-0.1, -0.05) is 0 Å². The summed E-state index contributed by atoms with van der Waals surface area (Å²) in [6, 6.07) is 0.304. The molecule has 1 amide bonds. The molecule has 0 saturated heterocycles. The summed E-state index contributed by atoms with van der Waals surface area (Å²) in [5.74, 6) is -0.828. The van der Waals surface area contributed by atoms with Crippen molar-refractivity contribution in [2.24, 2.45) is 0 Å². The zero-order valence-electron chi connectivity index (χ0n) is 10.9. The molecule has 1 aliphatic rings. The molecule has 1 aliphatic carbocycles. The Morgan fingerprint density at radius 2 is 2.11 bits per heavy atom. The van der Waals surface area contributed by atoms with E-state index in [1.807, 2.05) is 6.92 Å². The summed E-state index contributed by atoms with van der Waals surface area (Å²) in [5, 5.41) is 5.70. The number of rotatable bonds is 9. The third-order valence-electron chi connectivity index (χ3n) is 2.62. The summed E-state index contributed by atoms with van der Waals surface area (Å²) in [4.78, 5) is 11.4. The Balaban J connectivity index is 2.19. The highest BCUT2D eigenvalue weighted by Gasteiger charge is 2.25. The van der Waals surface area contributed by atoms with Gasteiger partial charge >= 0.3 is 0 Å². The van der Waals surface area contributed by atoms with Crippen molar-refractivity contribution >= 4 is 15.7 Å². The first-order valence-corrected chi connectivity index (χ1v) is 7.97. The zero-order chi connectivity index (χ0) is 13.6. The largest absolute Gasteiger partial charge is 0.383 e. The Kier molecular flexibility index (Phi) is 6.04. The normalized spacial score (nSPS) is 17.4. The molecular weight excluding hydrogens is 256 g/mol. The maximum Gasteiger partial charge on any atom is 0.235 e. The second kappa shape index (κ2) is 7.06. The predicted molar refractivity (Wildman–Crippen MR) is 69.2 cm³/mol. The molecule has 7 heteroatoms. The van der Waals surface area contributed by atoms with Crippen molar-refractivity contribution in [3.63, 3.8) is 0 Å². The Labute approximate surface area is 108 Å². The van der Waals surface area contributed by atoms with Crippen LogP contribution < -0.4 is 10.6 Å². The number of ether oxygens (including phenoxy) is 1. The van der Waals surface area contributed by atoms with Crippen LogP contribution in [0.5, 0.6) is 0 Å². The van der Waals surface area contributed by atoms with Crippen LogP contribution in [0.2, 0.25) is 0 Å². The summed E-state index contributed by atoms with van der Waals surface area (Å²) in [6.07, 6.45) is 1.92. The molecule has 1 fully saturated rings. The average molecular weight is 278 g/mol. The molecule has 106 valence electrons. The maximum atomic E-state index is 11.7. The monoisotopic (exact) mass is 278 g/mol. The zero-order valence-corrected chi connectivity index (χ0v) is 11.8. The van der Waals surface area contributed by atoms with Crippen LogP contribution in [0, 0.1) is 0 Å². The first-order valence-electron chi connectivity index (χ1n) is 6.15. The fraction of sp³-hybridized carbons (Fsp3) is 0.909. The fourth-order valence-corrected chi connectivity index (χ4v) is 2.59. The molecule has 0 bridgehead atoms. The molecule has 1 saturated carbocycles. The smallest absolute Gasteiger partial charge is 0.235 e. The molecule has 0 spiro atoms. The predicted octanol–water partition coefficient (Wildman–Crippen LogP) is -0.696. The first kappa shape index (κ1) is 15.4. The third kappa shape index (κ3) is 6.93. The van der Waals surface area contributed by atoms with Gasteiger partial charge in [0.15, 0.2) is 9.84 Å². The maximum absolute atomic E-state index is 11.7. The Morgan fingerprint density at radius 1 is 1.44 bits per heavy atom. The molecule has 2 N–H and O–H groups in total. The Hall–Kier alpha value is -0.660. The number of carbonyl (C=O) groups excluding carboxylic acids is 1. The second-order valence-electron chi connectivity index (χ2n) is 4.74.